The molecule has 2 amide bonds. The monoisotopic (exact) mass is 1020 g/mol. The molecule has 0 saturated carbocycles. The van der Waals surface area contributed by atoms with Gasteiger partial charge in [0.1, 0.15) is 7.05 Å². The number of benzene rings is 5. The molecule has 0 spiro atoms. The zero-order chi connectivity index (χ0) is 51.9. The Hall–Kier alpha value is -6.12. The van der Waals surface area contributed by atoms with E-state index in [1.54, 1.807) is 6.07 Å². The predicted molar refractivity (Wildman–Crippen MR) is 294 cm³/mol. The summed E-state index contributed by atoms with van der Waals surface area (Å²) in [6.07, 6.45) is 14.6. The molecule has 0 aromatic heterocycles. The highest BCUT2D eigenvalue weighted by Gasteiger charge is 2.45. The number of likely N-dealkylation sites (N-methyl/N-ethyl adjacent to an activating group) is 1. The molecule has 5 aromatic rings. The van der Waals surface area contributed by atoms with Gasteiger partial charge < -0.3 is 14.2 Å². The number of nitrogens with zero attached hydrogens (tertiary/aromatic N) is 4. The number of hydrogen-bond acceptors (Lipinski definition) is 8. The van der Waals surface area contributed by atoms with Crippen molar-refractivity contribution < 1.29 is 36.7 Å². The Morgan fingerprint density at radius 1 is 0.781 bits per heavy atom. The van der Waals surface area contributed by atoms with Crippen molar-refractivity contribution in [2.24, 2.45) is 0 Å². The number of fused-ring (bicyclic) bond motifs is 6. The van der Waals surface area contributed by atoms with E-state index in [0.29, 0.717) is 29.1 Å². The van der Waals surface area contributed by atoms with Crippen LogP contribution in [0.1, 0.15) is 96.6 Å². The third kappa shape index (κ3) is 10.6. The summed E-state index contributed by atoms with van der Waals surface area (Å²) in [5.74, 6) is -1.50. The van der Waals surface area contributed by atoms with Crippen molar-refractivity contribution in [2.75, 3.05) is 52.7 Å². The van der Waals surface area contributed by atoms with Gasteiger partial charge in [0.15, 0.2) is 5.71 Å². The van der Waals surface area contributed by atoms with Gasteiger partial charge in [-0.05, 0) is 127 Å². The van der Waals surface area contributed by atoms with Gasteiger partial charge in [0, 0.05) is 70.1 Å². The molecule has 73 heavy (non-hydrogen) atoms. The van der Waals surface area contributed by atoms with Crippen molar-refractivity contribution in [1.29, 1.82) is 0 Å². The van der Waals surface area contributed by atoms with Crippen molar-refractivity contribution in [3.8, 4) is 0 Å². The SMILES string of the molecule is C[N+]1=C(/C=C/C2=C(Sc3ccccc3)C(=C/C=C3/N(CCCCCC(=O)ON4C(=O)CCC4=O)c4ccc5ccccc5c4C3(C)C)/CCC2)C(C)(C)c2c1ccc1ccc(S(=O)(=O)NCC[N+](C)(C)C)cc21. The first-order valence-corrected chi connectivity index (χ1v) is 28.0. The fraction of sp³-hybridized carbons (Fsp3) is 0.367. The smallest absolute Gasteiger partial charge is 0.333 e. The molecule has 5 aromatic carbocycles. The Kier molecular flexibility index (Phi) is 14.6. The van der Waals surface area contributed by atoms with E-state index >= 15 is 0 Å². The molecule has 4 aliphatic rings. The van der Waals surface area contributed by atoms with Crippen molar-refractivity contribution in [3.05, 3.63) is 154 Å². The minimum atomic E-state index is -3.72. The highest BCUT2D eigenvalue weighted by Crippen LogP contribution is 2.52. The average Bonchev–Trinajstić information content (AvgIpc) is 3.86. The molecular weight excluding hydrogens is 951 g/mol. The molecule has 9 rings (SSSR count). The molecular formula is C60H69N5O6S2+2. The van der Waals surface area contributed by atoms with Crippen LogP contribution >= 0.6 is 11.8 Å². The molecule has 1 saturated heterocycles. The molecule has 1 N–H and O–H groups in total. The van der Waals surface area contributed by atoms with E-state index in [2.05, 4.69) is 173 Å². The summed E-state index contributed by atoms with van der Waals surface area (Å²) in [5, 5.41) is 5.02. The lowest BCUT2D eigenvalue weighted by molar-refractivity contribution is -0.869. The Morgan fingerprint density at radius 2 is 1.48 bits per heavy atom. The highest BCUT2D eigenvalue weighted by atomic mass is 32.2. The second-order valence-corrected chi connectivity index (χ2v) is 24.7. The van der Waals surface area contributed by atoms with Crippen LogP contribution in [0.3, 0.4) is 0 Å². The van der Waals surface area contributed by atoms with E-state index in [9.17, 15) is 22.8 Å². The van der Waals surface area contributed by atoms with Gasteiger partial charge in [0.25, 0.3) is 11.8 Å². The van der Waals surface area contributed by atoms with Gasteiger partial charge in [-0.2, -0.15) is 4.58 Å². The van der Waals surface area contributed by atoms with E-state index in [0.717, 1.165) is 66.4 Å². The second kappa shape index (κ2) is 20.7. The second-order valence-electron chi connectivity index (χ2n) is 21.8. The number of thioether (sulfide) groups is 1. The summed E-state index contributed by atoms with van der Waals surface area (Å²) >= 11 is 1.82. The summed E-state index contributed by atoms with van der Waals surface area (Å²) in [7, 11) is 4.55. The summed E-state index contributed by atoms with van der Waals surface area (Å²) in [4.78, 5) is 47.0. The lowest BCUT2D eigenvalue weighted by atomic mass is 9.78. The normalized spacial score (nSPS) is 18.9. The minimum absolute atomic E-state index is 0.0734. The zero-order valence-electron chi connectivity index (χ0n) is 43.6. The number of carbonyl (C=O) groups is 3. The van der Waals surface area contributed by atoms with E-state index in [1.807, 2.05) is 23.9 Å². The van der Waals surface area contributed by atoms with Gasteiger partial charge in [-0.15, -0.1) is 5.06 Å². The van der Waals surface area contributed by atoms with E-state index in [1.165, 1.54) is 48.7 Å². The van der Waals surface area contributed by atoms with Crippen LogP contribution in [0.25, 0.3) is 21.5 Å². The van der Waals surface area contributed by atoms with E-state index < -0.39 is 33.2 Å². The fourth-order valence-corrected chi connectivity index (χ4v) is 13.3. The van der Waals surface area contributed by atoms with Gasteiger partial charge in [-0.1, -0.05) is 98.8 Å². The molecule has 0 bridgehead atoms. The predicted octanol–water partition coefficient (Wildman–Crippen LogP) is 11.5. The van der Waals surface area contributed by atoms with Crippen LogP contribution in [0.15, 0.2) is 153 Å². The molecule has 0 unspecified atom stereocenters. The number of imide groups is 1. The number of carbonyl (C=O) groups excluding carboxylic acids is 3. The molecule has 11 nitrogen and oxygen atoms in total. The number of quaternary nitrogens is 1. The van der Waals surface area contributed by atoms with Gasteiger partial charge in [-0.25, -0.2) is 17.9 Å². The van der Waals surface area contributed by atoms with Crippen LogP contribution in [-0.2, 0) is 40.1 Å². The summed E-state index contributed by atoms with van der Waals surface area (Å²) < 4.78 is 33.0. The fourth-order valence-electron chi connectivity index (χ4n) is 11.1. The molecule has 0 radical (unpaired) electrons. The first kappa shape index (κ1) is 51.8. The Balaban J connectivity index is 1.03. The number of sulfonamides is 1. The maximum absolute atomic E-state index is 13.6. The summed E-state index contributed by atoms with van der Waals surface area (Å²) in [6, 6.07) is 33.4. The molecule has 3 aliphatic heterocycles. The quantitative estimate of drug-likeness (QED) is 0.0424. The first-order chi connectivity index (χ1) is 34.7. The molecule has 1 fully saturated rings. The summed E-state index contributed by atoms with van der Waals surface area (Å²) in [6.45, 7) is 10.9. The Bertz CT molecular complexity index is 3290. The summed E-state index contributed by atoms with van der Waals surface area (Å²) in [5.41, 5.74) is 8.87. The number of unbranched alkanes of at least 4 members (excludes halogenated alkanes) is 2. The van der Waals surface area contributed by atoms with Crippen LogP contribution in [0, 0.1) is 0 Å². The average molecular weight is 1020 g/mol. The van der Waals surface area contributed by atoms with Crippen molar-refractivity contribution in [1.82, 2.24) is 9.79 Å². The minimum Gasteiger partial charge on any atom is -0.344 e. The zero-order valence-corrected chi connectivity index (χ0v) is 45.2. The number of nitrogens with one attached hydrogen (secondary N) is 1. The number of anilines is 1. The number of hydroxylamine groups is 2. The van der Waals surface area contributed by atoms with Crippen LogP contribution in [0.2, 0.25) is 0 Å². The van der Waals surface area contributed by atoms with Crippen LogP contribution in [0.4, 0.5) is 11.4 Å². The third-order valence-corrected chi connectivity index (χ3v) is 17.6. The maximum atomic E-state index is 13.6. The van der Waals surface area contributed by atoms with Gasteiger partial charge >= 0.3 is 5.97 Å². The topological polar surface area (TPSA) is 116 Å². The van der Waals surface area contributed by atoms with E-state index in [4.69, 9.17) is 4.84 Å². The Labute approximate surface area is 435 Å². The van der Waals surface area contributed by atoms with Crippen LogP contribution in [0.5, 0.6) is 0 Å². The molecule has 3 heterocycles. The lowest BCUT2D eigenvalue weighted by Gasteiger charge is -2.28. The van der Waals surface area contributed by atoms with Gasteiger partial charge in [0.2, 0.25) is 15.7 Å². The number of hydrogen-bond donors (Lipinski definition) is 1. The third-order valence-electron chi connectivity index (χ3n) is 14.9. The van der Waals surface area contributed by atoms with Crippen molar-refractivity contribution >= 4 is 78.2 Å². The van der Waals surface area contributed by atoms with E-state index in [-0.39, 0.29) is 29.6 Å². The highest BCUT2D eigenvalue weighted by molar-refractivity contribution is 8.03. The maximum Gasteiger partial charge on any atom is 0.333 e. The first-order valence-electron chi connectivity index (χ1n) is 25.7. The number of allylic oxidation sites excluding steroid dienone is 7. The van der Waals surface area contributed by atoms with Gasteiger partial charge in [0.05, 0.1) is 44.5 Å². The molecule has 1 aliphatic carbocycles. The molecule has 380 valence electrons. The Morgan fingerprint density at radius 3 is 2.23 bits per heavy atom. The van der Waals surface area contributed by atoms with Crippen LogP contribution < -0.4 is 9.62 Å². The van der Waals surface area contributed by atoms with Crippen LogP contribution in [-0.4, -0.2) is 93.9 Å². The van der Waals surface area contributed by atoms with Crippen molar-refractivity contribution in [2.45, 2.75) is 106 Å². The molecule has 13 heteroatoms. The van der Waals surface area contributed by atoms with Gasteiger partial charge in [-0.3, -0.25) is 9.59 Å². The molecule has 0 atom stereocenters. The number of amides is 2. The largest absolute Gasteiger partial charge is 0.344 e. The lowest BCUT2D eigenvalue weighted by Crippen LogP contribution is -2.41. The number of rotatable bonds is 17. The standard InChI is InChI=1S/C60H69N5O6S2/c1-59(2)51(62(5)49-31-26-42-25-30-46(40-48(42)57(49)59)73(69,70)61-37-39-65(6,7)8)33-28-43-19-17-20-44(58(43)72-45-21-11-9-12-22-45)29-34-52-60(3,4)56-47-23-15-14-18-41(47)27-32-50(56)63(52)38-16-10-13-24-55(68)71-64-53(66)35-36-54(64)67/h9,11-12,14-15,18,21-23,25-34,40,61H,10,13,16-17,19-20,24,35-39H2,1-8H3/q+2. The van der Waals surface area contributed by atoms with Crippen molar-refractivity contribution in [3.63, 3.8) is 0 Å².